The molecule has 0 radical (unpaired) electrons. The molecule has 3 rings (SSSR count). The maximum absolute atomic E-state index is 11.9. The van der Waals surface area contributed by atoms with Crippen LogP contribution in [0, 0.1) is 0 Å². The first-order valence-corrected chi connectivity index (χ1v) is 6.88. The summed E-state index contributed by atoms with van der Waals surface area (Å²) < 4.78 is 0. The average Bonchev–Trinajstić information content (AvgIpc) is 3.12. The zero-order chi connectivity index (χ0) is 12.4. The molecule has 0 bridgehead atoms. The molecule has 3 nitrogen and oxygen atoms in total. The number of rotatable bonds is 4. The number of benzene rings is 1. The Morgan fingerprint density at radius 2 is 2.00 bits per heavy atom. The lowest BCUT2D eigenvalue weighted by atomic mass is 10.1. The second-order valence-electron chi connectivity index (χ2n) is 5.44. The summed E-state index contributed by atoms with van der Waals surface area (Å²) in [7, 11) is 0. The largest absolute Gasteiger partial charge is 0.352 e. The van der Waals surface area contributed by atoms with Crippen molar-refractivity contribution in [1.82, 2.24) is 10.2 Å². The quantitative estimate of drug-likeness (QED) is 0.872. The summed E-state index contributed by atoms with van der Waals surface area (Å²) in [4.78, 5) is 14.5. The van der Waals surface area contributed by atoms with E-state index in [2.05, 4.69) is 10.2 Å². The second-order valence-corrected chi connectivity index (χ2v) is 5.44. The van der Waals surface area contributed by atoms with Gasteiger partial charge in [0.1, 0.15) is 0 Å². The zero-order valence-corrected chi connectivity index (χ0v) is 10.6. The van der Waals surface area contributed by atoms with E-state index < -0.39 is 0 Å². The Balaban J connectivity index is 1.46. The predicted molar refractivity (Wildman–Crippen MR) is 71.3 cm³/mol. The van der Waals surface area contributed by atoms with Crippen LogP contribution in [-0.4, -0.2) is 36.0 Å². The van der Waals surface area contributed by atoms with Crippen LogP contribution in [0.15, 0.2) is 30.3 Å². The van der Waals surface area contributed by atoms with Gasteiger partial charge in [-0.2, -0.15) is 0 Å². The van der Waals surface area contributed by atoms with Crippen molar-refractivity contribution in [3.05, 3.63) is 35.9 Å². The van der Waals surface area contributed by atoms with Gasteiger partial charge in [-0.05, 0) is 24.8 Å². The molecule has 1 aliphatic carbocycles. The summed E-state index contributed by atoms with van der Waals surface area (Å²) in [6, 6.07) is 11.1. The van der Waals surface area contributed by atoms with Crippen molar-refractivity contribution in [3.8, 4) is 0 Å². The summed E-state index contributed by atoms with van der Waals surface area (Å²) in [5.74, 6) is 0.156. The first-order chi connectivity index (χ1) is 8.81. The fourth-order valence-electron chi connectivity index (χ4n) is 2.74. The Morgan fingerprint density at radius 3 is 2.72 bits per heavy atom. The number of nitrogens with one attached hydrogen (secondary N) is 1. The van der Waals surface area contributed by atoms with Crippen LogP contribution < -0.4 is 5.32 Å². The van der Waals surface area contributed by atoms with Gasteiger partial charge in [-0.1, -0.05) is 30.3 Å². The number of likely N-dealkylation sites (tertiary alicyclic amines) is 1. The van der Waals surface area contributed by atoms with E-state index in [9.17, 15) is 4.79 Å². The Morgan fingerprint density at radius 1 is 1.22 bits per heavy atom. The van der Waals surface area contributed by atoms with Crippen molar-refractivity contribution < 1.29 is 4.79 Å². The first-order valence-electron chi connectivity index (χ1n) is 6.88. The highest BCUT2D eigenvalue weighted by Crippen LogP contribution is 2.29. The molecule has 3 heteroatoms. The first kappa shape index (κ1) is 11.7. The molecule has 0 spiro atoms. The number of hydrogen-bond acceptors (Lipinski definition) is 2. The lowest BCUT2D eigenvalue weighted by molar-refractivity contribution is -0.121. The minimum atomic E-state index is 0.156. The molecule has 2 fully saturated rings. The lowest BCUT2D eigenvalue weighted by Crippen LogP contribution is -2.38. The maximum Gasteiger partial charge on any atom is 0.224 e. The third-order valence-corrected chi connectivity index (χ3v) is 3.86. The minimum absolute atomic E-state index is 0.156. The molecular weight excluding hydrogens is 224 g/mol. The molecule has 0 aromatic heterocycles. The van der Waals surface area contributed by atoms with E-state index in [0.29, 0.717) is 12.5 Å². The van der Waals surface area contributed by atoms with Crippen molar-refractivity contribution in [2.24, 2.45) is 0 Å². The highest BCUT2D eigenvalue weighted by atomic mass is 16.1. The van der Waals surface area contributed by atoms with E-state index in [0.717, 1.165) is 31.1 Å². The Hall–Kier alpha value is -1.35. The van der Waals surface area contributed by atoms with Crippen LogP contribution in [0.3, 0.4) is 0 Å². The molecular formula is C15H20N2O. The molecule has 1 atom stereocenters. The van der Waals surface area contributed by atoms with Crippen LogP contribution in [0.25, 0.3) is 0 Å². The smallest absolute Gasteiger partial charge is 0.224 e. The van der Waals surface area contributed by atoms with Gasteiger partial charge in [0, 0.05) is 25.2 Å². The van der Waals surface area contributed by atoms with Crippen molar-refractivity contribution >= 4 is 5.91 Å². The third-order valence-electron chi connectivity index (χ3n) is 3.86. The number of nitrogens with zero attached hydrogens (tertiary/aromatic N) is 1. The number of carbonyl (C=O) groups is 1. The minimum Gasteiger partial charge on any atom is -0.352 e. The van der Waals surface area contributed by atoms with Gasteiger partial charge in [0.15, 0.2) is 0 Å². The molecule has 1 unspecified atom stereocenters. The molecule has 1 aliphatic heterocycles. The van der Waals surface area contributed by atoms with Gasteiger partial charge < -0.3 is 5.32 Å². The molecule has 1 N–H and O–H groups in total. The average molecular weight is 244 g/mol. The Kier molecular flexibility index (Phi) is 3.33. The van der Waals surface area contributed by atoms with Gasteiger partial charge in [0.2, 0.25) is 5.91 Å². The van der Waals surface area contributed by atoms with Gasteiger partial charge in [0.05, 0.1) is 6.42 Å². The molecule has 1 saturated carbocycles. The molecule has 18 heavy (non-hydrogen) atoms. The van der Waals surface area contributed by atoms with Crippen LogP contribution in [-0.2, 0) is 11.2 Å². The molecule has 1 saturated heterocycles. The highest BCUT2D eigenvalue weighted by Gasteiger charge is 2.34. The molecule has 1 heterocycles. The Labute approximate surface area is 108 Å². The second kappa shape index (κ2) is 5.11. The topological polar surface area (TPSA) is 32.3 Å². The summed E-state index contributed by atoms with van der Waals surface area (Å²) in [5.41, 5.74) is 1.09. The van der Waals surface area contributed by atoms with E-state index in [1.807, 2.05) is 30.3 Å². The predicted octanol–water partition coefficient (Wildman–Crippen LogP) is 1.58. The number of hydrogen-bond donors (Lipinski definition) is 1. The van der Waals surface area contributed by atoms with E-state index in [1.165, 1.54) is 12.8 Å². The van der Waals surface area contributed by atoms with E-state index in [4.69, 9.17) is 0 Å². The third kappa shape index (κ3) is 2.91. The van der Waals surface area contributed by atoms with Gasteiger partial charge in [0.25, 0.3) is 0 Å². The van der Waals surface area contributed by atoms with Crippen LogP contribution in [0.5, 0.6) is 0 Å². The fourth-order valence-corrected chi connectivity index (χ4v) is 2.74. The van der Waals surface area contributed by atoms with E-state index in [1.54, 1.807) is 0 Å². The van der Waals surface area contributed by atoms with Gasteiger partial charge in [-0.25, -0.2) is 0 Å². The summed E-state index contributed by atoms with van der Waals surface area (Å²) in [5, 5.41) is 3.16. The highest BCUT2D eigenvalue weighted by molar-refractivity contribution is 5.78. The SMILES string of the molecule is O=C(Cc1ccccc1)NC1CCN(C2CC2)C1. The standard InChI is InChI=1S/C15H20N2O/c18-15(10-12-4-2-1-3-5-12)16-13-8-9-17(11-13)14-6-7-14/h1-5,13-14H,6-11H2,(H,16,18). The normalized spacial score (nSPS) is 24.1. The maximum atomic E-state index is 11.9. The van der Waals surface area contributed by atoms with E-state index in [-0.39, 0.29) is 5.91 Å². The van der Waals surface area contributed by atoms with Crippen molar-refractivity contribution in [2.45, 2.75) is 37.8 Å². The zero-order valence-electron chi connectivity index (χ0n) is 10.6. The summed E-state index contributed by atoms with van der Waals surface area (Å²) in [6.07, 6.45) is 4.31. The van der Waals surface area contributed by atoms with Gasteiger partial charge in [-0.15, -0.1) is 0 Å². The molecule has 2 aliphatic rings. The van der Waals surface area contributed by atoms with Crippen molar-refractivity contribution in [2.75, 3.05) is 13.1 Å². The van der Waals surface area contributed by atoms with Gasteiger partial charge in [-0.3, -0.25) is 9.69 Å². The van der Waals surface area contributed by atoms with Gasteiger partial charge >= 0.3 is 0 Å². The summed E-state index contributed by atoms with van der Waals surface area (Å²) >= 11 is 0. The monoisotopic (exact) mass is 244 g/mol. The number of carbonyl (C=O) groups excluding carboxylic acids is 1. The fraction of sp³-hybridized carbons (Fsp3) is 0.533. The molecule has 1 amide bonds. The molecule has 1 aromatic rings. The van der Waals surface area contributed by atoms with Crippen molar-refractivity contribution in [1.29, 1.82) is 0 Å². The van der Waals surface area contributed by atoms with Crippen molar-refractivity contribution in [3.63, 3.8) is 0 Å². The van der Waals surface area contributed by atoms with Crippen LogP contribution in [0.4, 0.5) is 0 Å². The number of amides is 1. The Bertz CT molecular complexity index is 414. The van der Waals surface area contributed by atoms with Crippen LogP contribution >= 0.6 is 0 Å². The molecule has 96 valence electrons. The van der Waals surface area contributed by atoms with Crippen LogP contribution in [0.2, 0.25) is 0 Å². The molecule has 1 aromatic carbocycles. The van der Waals surface area contributed by atoms with E-state index >= 15 is 0 Å². The van der Waals surface area contributed by atoms with Crippen LogP contribution in [0.1, 0.15) is 24.8 Å². The summed E-state index contributed by atoms with van der Waals surface area (Å²) in [6.45, 7) is 2.20. The lowest BCUT2D eigenvalue weighted by Gasteiger charge is -2.15.